The van der Waals surface area contributed by atoms with Gasteiger partial charge in [-0.05, 0) is 0 Å². The van der Waals surface area contributed by atoms with E-state index in [-0.39, 0.29) is 24.8 Å². The van der Waals surface area contributed by atoms with Gasteiger partial charge in [-0.25, -0.2) is 0 Å². The molecular weight excluding hydrogens is 637 g/mol. The van der Waals surface area contributed by atoms with Crippen molar-refractivity contribution in [1.29, 1.82) is 0 Å². The van der Waals surface area contributed by atoms with Gasteiger partial charge in [-0.15, -0.1) is 24.8 Å². The van der Waals surface area contributed by atoms with Gasteiger partial charge in [0.1, 0.15) is 0 Å². The van der Waals surface area contributed by atoms with Crippen molar-refractivity contribution in [3.05, 3.63) is 119 Å². The molecule has 4 aromatic carbocycles. The van der Waals surface area contributed by atoms with Crippen LogP contribution >= 0.6 is 33.4 Å². The van der Waals surface area contributed by atoms with E-state index >= 15 is 0 Å². The zero-order valence-electron chi connectivity index (χ0n) is 17.8. The SMILES string of the molecule is Cl.Cl.[CH3][Hf](=[SiH2])([Cl])([CH]1c2ccccc2-c2ccccc21)[CH]1c2ccccc2-c2ccccc21. The van der Waals surface area contributed by atoms with E-state index < -0.39 is 15.9 Å². The fraction of sp³-hybridized carbons (Fsp3) is 0.111. The quantitative estimate of drug-likeness (QED) is 0.192. The van der Waals surface area contributed by atoms with Gasteiger partial charge >= 0.3 is 185 Å². The Morgan fingerprint density at radius 2 is 0.750 bits per heavy atom. The molecule has 0 aliphatic heterocycles. The van der Waals surface area contributed by atoms with E-state index in [1.807, 2.05) is 0 Å². The maximum atomic E-state index is 8.15. The van der Waals surface area contributed by atoms with Crippen LogP contribution in [0.15, 0.2) is 97.1 Å². The second-order valence-electron chi connectivity index (χ2n) is 9.26. The van der Waals surface area contributed by atoms with Gasteiger partial charge in [0.2, 0.25) is 0 Å². The summed E-state index contributed by atoms with van der Waals surface area (Å²) >= 11 is -4.14. The first kappa shape index (κ1) is 24.0. The van der Waals surface area contributed by atoms with Crippen LogP contribution in [0.5, 0.6) is 0 Å². The van der Waals surface area contributed by atoms with Crippen molar-refractivity contribution < 1.29 is 15.9 Å². The predicted molar refractivity (Wildman–Crippen MR) is 142 cm³/mol. The molecule has 0 atom stereocenters. The fourth-order valence-corrected chi connectivity index (χ4v) is 33.9. The zero-order valence-corrected chi connectivity index (χ0v) is 25.2. The molecule has 0 nitrogen and oxygen atoms in total. The summed E-state index contributed by atoms with van der Waals surface area (Å²) < 4.78 is 3.13. The summed E-state index contributed by atoms with van der Waals surface area (Å²) in [6.45, 7) is 2.19. The summed E-state index contributed by atoms with van der Waals surface area (Å²) in [6, 6.07) is 35.7. The minimum atomic E-state index is -4.14. The van der Waals surface area contributed by atoms with Crippen LogP contribution in [-0.4, -0.2) is 6.94 Å². The molecule has 0 amide bonds. The number of hydrogen-bond acceptors (Lipinski definition) is 0. The second kappa shape index (κ2) is 8.25. The van der Waals surface area contributed by atoms with Gasteiger partial charge in [0.05, 0.1) is 0 Å². The van der Waals surface area contributed by atoms with Crippen molar-refractivity contribution in [2.24, 2.45) is 0 Å². The summed E-state index contributed by atoms with van der Waals surface area (Å²) in [6.07, 6.45) is 0. The Bertz CT molecular complexity index is 1210. The van der Waals surface area contributed by atoms with Crippen LogP contribution in [0.4, 0.5) is 0 Å². The Kier molecular flexibility index (Phi) is 6.18. The van der Waals surface area contributed by atoms with Crippen LogP contribution in [0, 0.1) is 0 Å². The monoisotopic (exact) mass is 662 g/mol. The van der Waals surface area contributed by atoms with Crippen molar-refractivity contribution >= 4 is 40.3 Å². The van der Waals surface area contributed by atoms with Crippen LogP contribution < -0.4 is 0 Å². The molecule has 0 spiro atoms. The van der Waals surface area contributed by atoms with Crippen LogP contribution in [0.3, 0.4) is 0 Å². The Morgan fingerprint density at radius 1 is 0.531 bits per heavy atom. The van der Waals surface area contributed by atoms with Gasteiger partial charge < -0.3 is 0 Å². The predicted octanol–water partition coefficient (Wildman–Crippen LogP) is 7.81. The molecule has 0 heterocycles. The second-order valence-corrected chi connectivity index (χ2v) is 56.0. The summed E-state index contributed by atoms with van der Waals surface area (Å²) in [4.78, 5) is 0. The van der Waals surface area contributed by atoms with E-state index in [1.54, 1.807) is 0 Å². The molecule has 0 radical (unpaired) electrons. The van der Waals surface area contributed by atoms with E-state index in [1.165, 1.54) is 44.5 Å². The average molecular weight is 662 g/mol. The molecule has 0 aromatic heterocycles. The first-order valence-electron chi connectivity index (χ1n) is 10.6. The standard InChI is InChI=1S/2C13H9.CH3.3ClH.Hf.H2Si/c2*1-3-7-12-10(5-1)9-11-6-2-4-8-13(11)12;;;;;;/h2*1-9H;1H3;3*1H;;1H2/q;;;;;;+1;/p-1. The van der Waals surface area contributed by atoms with Crippen molar-refractivity contribution in [2.75, 3.05) is 0 Å². The van der Waals surface area contributed by atoms with Crippen LogP contribution in [0.2, 0.25) is 4.68 Å². The maximum absolute atomic E-state index is 8.15. The van der Waals surface area contributed by atoms with Crippen LogP contribution in [0.1, 0.15) is 29.6 Å². The first-order chi connectivity index (χ1) is 14.5. The molecule has 0 saturated heterocycles. The molecule has 162 valence electrons. The molecule has 2 aliphatic carbocycles. The van der Waals surface area contributed by atoms with Crippen LogP contribution in [0.25, 0.3) is 22.3 Å². The fourth-order valence-electron chi connectivity index (χ4n) is 6.13. The Labute approximate surface area is 208 Å². The molecule has 32 heavy (non-hydrogen) atoms. The minimum absolute atomic E-state index is 0. The summed E-state index contributed by atoms with van der Waals surface area (Å²) in [5.74, 6) is 0. The number of benzene rings is 4. The molecular formula is C27H25Cl3HfSi. The zero-order chi connectivity index (χ0) is 20.5. The van der Waals surface area contributed by atoms with E-state index in [2.05, 4.69) is 109 Å². The van der Waals surface area contributed by atoms with Gasteiger partial charge in [0, 0.05) is 0 Å². The molecule has 0 unspecified atom stereocenters. The summed E-state index contributed by atoms with van der Waals surface area (Å²) in [7, 11) is 8.15. The van der Waals surface area contributed by atoms with Crippen molar-refractivity contribution in [3.63, 3.8) is 0 Å². The Hall–Kier alpha value is -1.16. The molecule has 6 rings (SSSR count). The van der Waals surface area contributed by atoms with Gasteiger partial charge in [0.15, 0.2) is 0 Å². The van der Waals surface area contributed by atoms with Crippen LogP contribution in [-0.2, 0) is 15.9 Å². The molecule has 0 bridgehead atoms. The van der Waals surface area contributed by atoms with E-state index in [0.29, 0.717) is 7.35 Å². The normalized spacial score (nSPS) is 14.5. The van der Waals surface area contributed by atoms with E-state index in [0.717, 1.165) is 0 Å². The summed E-state index contributed by atoms with van der Waals surface area (Å²) in [5.41, 5.74) is 11.2. The van der Waals surface area contributed by atoms with E-state index in [9.17, 15) is 0 Å². The van der Waals surface area contributed by atoms with Gasteiger partial charge in [-0.1, -0.05) is 0 Å². The number of hydrogen-bond donors (Lipinski definition) is 0. The van der Waals surface area contributed by atoms with Crippen molar-refractivity contribution in [3.8, 4) is 22.3 Å². The molecule has 0 N–H and O–H groups in total. The van der Waals surface area contributed by atoms with Gasteiger partial charge in [-0.3, -0.25) is 0 Å². The number of fused-ring (bicyclic) bond motifs is 6. The Balaban J connectivity index is 0.00000122. The van der Waals surface area contributed by atoms with Gasteiger partial charge in [-0.2, -0.15) is 0 Å². The Morgan fingerprint density at radius 3 is 1.00 bits per heavy atom. The van der Waals surface area contributed by atoms with Gasteiger partial charge in [0.25, 0.3) is 0 Å². The number of halogens is 3. The topological polar surface area (TPSA) is 0 Å². The molecule has 5 heteroatoms. The third-order valence-corrected chi connectivity index (χ3v) is 33.0. The third kappa shape index (κ3) is 3.26. The molecule has 0 fully saturated rings. The van der Waals surface area contributed by atoms with Crippen molar-refractivity contribution in [1.82, 2.24) is 0 Å². The molecule has 0 saturated carbocycles. The molecule has 4 aromatic rings. The summed E-state index contributed by atoms with van der Waals surface area (Å²) in [5, 5.41) is 0. The average Bonchev–Trinajstić information content (AvgIpc) is 3.28. The number of rotatable bonds is 2. The molecule has 2 aliphatic rings. The van der Waals surface area contributed by atoms with E-state index in [4.69, 9.17) is 8.58 Å². The first-order valence-corrected chi connectivity index (χ1v) is 31.1. The third-order valence-electron chi connectivity index (χ3n) is 7.20. The van der Waals surface area contributed by atoms with Crippen molar-refractivity contribution in [2.45, 2.75) is 12.0 Å².